The van der Waals surface area contributed by atoms with Gasteiger partial charge in [-0.3, -0.25) is 0 Å². The highest BCUT2D eigenvalue weighted by Gasteiger charge is 2.21. The molecule has 0 spiro atoms. The van der Waals surface area contributed by atoms with Crippen LogP contribution in [0.5, 0.6) is 5.75 Å². The van der Waals surface area contributed by atoms with Crippen molar-refractivity contribution >= 4 is 44.9 Å². The third kappa shape index (κ3) is 2.61. The molecular weight excluding hydrogens is 351 g/mol. The zero-order chi connectivity index (χ0) is 17.3. The number of aromatic nitrogens is 2. The standard InChI is InChI=1S/C16H12ClFN4OS/c1-23-11-4-9(18)2-3-10(11)12-13(8(5-19)6-20)22-16(17)14-15(12)24-7-21-14/h2-7,19H,20H2,1H3/b8-6+,19-5?. The number of halogens is 2. The van der Waals surface area contributed by atoms with E-state index in [0.717, 1.165) is 10.9 Å². The van der Waals surface area contributed by atoms with Gasteiger partial charge in [0.05, 0.1) is 23.0 Å². The summed E-state index contributed by atoms with van der Waals surface area (Å²) in [5.74, 6) is -0.0716. The summed E-state index contributed by atoms with van der Waals surface area (Å²) in [5, 5.41) is 7.79. The molecule has 0 bridgehead atoms. The maximum absolute atomic E-state index is 13.6. The fraction of sp³-hybridized carbons (Fsp3) is 0.0625. The number of hydrogen-bond donors (Lipinski definition) is 2. The van der Waals surface area contributed by atoms with Crippen LogP contribution in [0.25, 0.3) is 26.9 Å². The molecule has 0 aliphatic carbocycles. The molecule has 3 aromatic rings. The number of allylic oxidation sites excluding steroid dienone is 1. The Morgan fingerprint density at radius 2 is 2.25 bits per heavy atom. The number of methoxy groups -OCH3 is 1. The number of rotatable bonds is 4. The predicted molar refractivity (Wildman–Crippen MR) is 95.3 cm³/mol. The lowest BCUT2D eigenvalue weighted by Crippen LogP contribution is -2.00. The molecule has 0 aliphatic rings. The van der Waals surface area contributed by atoms with Crippen molar-refractivity contribution in [3.63, 3.8) is 0 Å². The van der Waals surface area contributed by atoms with E-state index < -0.39 is 5.82 Å². The highest BCUT2D eigenvalue weighted by molar-refractivity contribution is 7.17. The Hall–Kier alpha value is -2.51. The number of nitrogens with zero attached hydrogens (tertiary/aromatic N) is 2. The second kappa shape index (κ2) is 6.54. The second-order valence-corrected chi connectivity index (χ2v) is 5.98. The van der Waals surface area contributed by atoms with Gasteiger partial charge < -0.3 is 15.9 Å². The number of nitrogens with one attached hydrogen (secondary N) is 1. The first kappa shape index (κ1) is 16.4. The monoisotopic (exact) mass is 362 g/mol. The molecule has 0 radical (unpaired) electrons. The van der Waals surface area contributed by atoms with Crippen molar-refractivity contribution in [1.29, 1.82) is 5.41 Å². The van der Waals surface area contributed by atoms with Crippen LogP contribution in [0.2, 0.25) is 5.15 Å². The van der Waals surface area contributed by atoms with Gasteiger partial charge in [-0.1, -0.05) is 11.6 Å². The third-order valence-electron chi connectivity index (χ3n) is 3.48. The number of benzene rings is 1. The smallest absolute Gasteiger partial charge is 0.156 e. The van der Waals surface area contributed by atoms with Gasteiger partial charge in [0.25, 0.3) is 0 Å². The number of nitrogens with two attached hydrogens (primary N) is 1. The number of pyridine rings is 1. The minimum Gasteiger partial charge on any atom is -0.496 e. The lowest BCUT2D eigenvalue weighted by molar-refractivity contribution is 0.413. The molecule has 3 rings (SSSR count). The maximum Gasteiger partial charge on any atom is 0.156 e. The number of fused-ring (bicyclic) bond motifs is 1. The Labute approximate surface area is 146 Å². The minimum absolute atomic E-state index is 0.215. The van der Waals surface area contributed by atoms with E-state index in [-0.39, 0.29) is 5.15 Å². The largest absolute Gasteiger partial charge is 0.496 e. The summed E-state index contributed by atoms with van der Waals surface area (Å²) < 4.78 is 19.6. The maximum atomic E-state index is 13.6. The molecule has 1 aromatic carbocycles. The molecule has 0 fully saturated rings. The van der Waals surface area contributed by atoms with E-state index in [1.807, 2.05) is 0 Å². The molecule has 24 heavy (non-hydrogen) atoms. The number of ether oxygens (including phenoxy) is 1. The summed E-state index contributed by atoms with van der Waals surface area (Å²) >= 11 is 7.59. The molecule has 0 amide bonds. The van der Waals surface area contributed by atoms with Crippen LogP contribution in [0.1, 0.15) is 5.69 Å². The van der Waals surface area contributed by atoms with Crippen LogP contribution in [0.15, 0.2) is 29.9 Å². The Bertz CT molecular complexity index is 970. The first-order chi connectivity index (χ1) is 11.6. The molecule has 122 valence electrons. The quantitative estimate of drug-likeness (QED) is 0.540. The van der Waals surface area contributed by atoms with Gasteiger partial charge in [0.15, 0.2) is 5.15 Å². The van der Waals surface area contributed by atoms with Crippen LogP contribution in [-0.2, 0) is 0 Å². The Morgan fingerprint density at radius 3 is 2.92 bits per heavy atom. The minimum atomic E-state index is -0.415. The van der Waals surface area contributed by atoms with E-state index in [4.69, 9.17) is 27.5 Å². The molecule has 2 aromatic heterocycles. The average molecular weight is 363 g/mol. The highest BCUT2D eigenvalue weighted by Crippen LogP contribution is 2.42. The Kier molecular flexibility index (Phi) is 4.46. The lowest BCUT2D eigenvalue weighted by Gasteiger charge is -2.14. The van der Waals surface area contributed by atoms with E-state index >= 15 is 0 Å². The summed E-state index contributed by atoms with van der Waals surface area (Å²) in [6, 6.07) is 4.22. The second-order valence-electron chi connectivity index (χ2n) is 4.77. The van der Waals surface area contributed by atoms with Crippen molar-refractivity contribution in [2.24, 2.45) is 5.73 Å². The van der Waals surface area contributed by atoms with Crippen molar-refractivity contribution < 1.29 is 9.13 Å². The van der Waals surface area contributed by atoms with E-state index in [1.165, 1.54) is 36.8 Å². The molecule has 0 saturated carbocycles. The van der Waals surface area contributed by atoms with Gasteiger partial charge in [-0.2, -0.15) is 0 Å². The molecule has 2 heterocycles. The van der Waals surface area contributed by atoms with Crippen molar-refractivity contribution in [3.8, 4) is 16.9 Å². The van der Waals surface area contributed by atoms with Crippen LogP contribution in [0.4, 0.5) is 4.39 Å². The van der Waals surface area contributed by atoms with E-state index in [0.29, 0.717) is 33.7 Å². The molecule has 8 heteroatoms. The SMILES string of the molecule is COc1cc(F)ccc1-c1c(/C(C=N)=C/N)nc(Cl)c2ncsc12. The van der Waals surface area contributed by atoms with Crippen molar-refractivity contribution in [2.75, 3.05) is 7.11 Å². The summed E-state index contributed by atoms with van der Waals surface area (Å²) in [6.45, 7) is 0. The van der Waals surface area contributed by atoms with Gasteiger partial charge in [0.1, 0.15) is 17.1 Å². The topological polar surface area (TPSA) is 84.9 Å². The Balaban J connectivity index is 2.46. The van der Waals surface area contributed by atoms with Gasteiger partial charge in [-0.25, -0.2) is 14.4 Å². The number of hydrogen-bond acceptors (Lipinski definition) is 6. The van der Waals surface area contributed by atoms with Gasteiger partial charge in [0, 0.05) is 35.2 Å². The number of thiazole rings is 1. The van der Waals surface area contributed by atoms with E-state index in [9.17, 15) is 4.39 Å². The molecule has 0 atom stereocenters. The first-order valence-corrected chi connectivity index (χ1v) is 8.05. The normalized spacial score (nSPS) is 11.7. The molecule has 3 N–H and O–H groups in total. The van der Waals surface area contributed by atoms with Crippen molar-refractivity contribution in [1.82, 2.24) is 9.97 Å². The van der Waals surface area contributed by atoms with Gasteiger partial charge in [-0.15, -0.1) is 11.3 Å². The molecule has 0 aliphatic heterocycles. The first-order valence-electron chi connectivity index (χ1n) is 6.80. The fourth-order valence-electron chi connectivity index (χ4n) is 2.41. The molecular formula is C16H12ClFN4OS. The van der Waals surface area contributed by atoms with Crippen molar-refractivity contribution in [3.05, 3.63) is 46.6 Å². The lowest BCUT2D eigenvalue weighted by atomic mass is 9.98. The van der Waals surface area contributed by atoms with Crippen LogP contribution in [-0.4, -0.2) is 23.3 Å². The van der Waals surface area contributed by atoms with Crippen LogP contribution in [0.3, 0.4) is 0 Å². The van der Waals surface area contributed by atoms with Gasteiger partial charge in [-0.05, 0) is 12.1 Å². The Morgan fingerprint density at radius 1 is 1.46 bits per heavy atom. The van der Waals surface area contributed by atoms with Crippen molar-refractivity contribution in [2.45, 2.75) is 0 Å². The molecule has 5 nitrogen and oxygen atoms in total. The fourth-order valence-corrected chi connectivity index (χ4v) is 3.54. The van der Waals surface area contributed by atoms with Crippen LogP contribution in [0, 0.1) is 11.2 Å². The van der Waals surface area contributed by atoms with Crippen LogP contribution < -0.4 is 10.5 Å². The summed E-state index contributed by atoms with van der Waals surface area (Å²) in [5.41, 5.74) is 9.88. The highest BCUT2D eigenvalue weighted by atomic mass is 35.5. The summed E-state index contributed by atoms with van der Waals surface area (Å²) in [7, 11) is 1.46. The predicted octanol–water partition coefficient (Wildman–Crippen LogP) is 4.11. The van der Waals surface area contributed by atoms with E-state index in [1.54, 1.807) is 11.6 Å². The summed E-state index contributed by atoms with van der Waals surface area (Å²) in [4.78, 5) is 8.58. The third-order valence-corrected chi connectivity index (χ3v) is 4.59. The van der Waals surface area contributed by atoms with Gasteiger partial charge in [0.2, 0.25) is 0 Å². The van der Waals surface area contributed by atoms with Crippen LogP contribution >= 0.6 is 22.9 Å². The van der Waals surface area contributed by atoms with E-state index in [2.05, 4.69) is 9.97 Å². The zero-order valence-electron chi connectivity index (χ0n) is 12.5. The molecule has 0 saturated heterocycles. The average Bonchev–Trinajstić information content (AvgIpc) is 3.07. The van der Waals surface area contributed by atoms with Gasteiger partial charge >= 0.3 is 0 Å². The molecule has 0 unspecified atom stereocenters. The summed E-state index contributed by atoms with van der Waals surface area (Å²) in [6.07, 6.45) is 2.36. The zero-order valence-corrected chi connectivity index (χ0v) is 14.1.